The Morgan fingerprint density at radius 1 is 1.26 bits per heavy atom. The van der Waals surface area contributed by atoms with Gasteiger partial charge in [0, 0.05) is 22.2 Å². The standard InChI is InChI=1S/C12H11Cl2N3O2/c13-7-1-6(2-8(14)3-7)11-16-12(19-17-11)10-4-9(18)5-15-10/h1-3,9-10,15,18H,4-5H2/t9?,10-/m0/s1. The van der Waals surface area contributed by atoms with Crippen molar-refractivity contribution < 1.29 is 9.63 Å². The molecule has 2 heterocycles. The van der Waals surface area contributed by atoms with Crippen LogP contribution in [0.4, 0.5) is 0 Å². The van der Waals surface area contributed by atoms with Gasteiger partial charge in [-0.2, -0.15) is 4.98 Å². The summed E-state index contributed by atoms with van der Waals surface area (Å²) in [5, 5.41) is 17.5. The third-order valence-corrected chi connectivity index (χ3v) is 3.40. The largest absolute Gasteiger partial charge is 0.392 e. The van der Waals surface area contributed by atoms with E-state index in [1.54, 1.807) is 18.2 Å². The first kappa shape index (κ1) is 12.9. The van der Waals surface area contributed by atoms with Gasteiger partial charge in [0.05, 0.1) is 12.1 Å². The van der Waals surface area contributed by atoms with Crippen LogP contribution in [0.15, 0.2) is 22.7 Å². The van der Waals surface area contributed by atoms with Crippen LogP contribution in [-0.4, -0.2) is 27.9 Å². The molecular formula is C12H11Cl2N3O2. The molecule has 19 heavy (non-hydrogen) atoms. The van der Waals surface area contributed by atoms with Crippen LogP contribution in [0.5, 0.6) is 0 Å². The molecule has 0 saturated carbocycles. The second-order valence-corrected chi connectivity index (χ2v) is 5.34. The maximum Gasteiger partial charge on any atom is 0.244 e. The molecule has 100 valence electrons. The van der Waals surface area contributed by atoms with Crippen molar-refractivity contribution in [2.24, 2.45) is 0 Å². The Bertz CT molecular complexity index is 582. The van der Waals surface area contributed by atoms with E-state index in [1.807, 2.05) is 0 Å². The summed E-state index contributed by atoms with van der Waals surface area (Å²) in [6.45, 7) is 0.533. The SMILES string of the molecule is OC1CN[C@H](c2nc(-c3cc(Cl)cc(Cl)c3)no2)C1. The van der Waals surface area contributed by atoms with Crippen LogP contribution in [0.25, 0.3) is 11.4 Å². The van der Waals surface area contributed by atoms with Crippen molar-refractivity contribution >= 4 is 23.2 Å². The number of β-amino-alcohol motifs (C(OH)–C–C–N with tert-alkyl or cyclic N) is 1. The third kappa shape index (κ3) is 2.74. The fourth-order valence-corrected chi connectivity index (χ4v) is 2.61. The number of hydrogen-bond donors (Lipinski definition) is 2. The molecule has 0 radical (unpaired) electrons. The van der Waals surface area contributed by atoms with Crippen LogP contribution in [0.2, 0.25) is 10.0 Å². The van der Waals surface area contributed by atoms with E-state index in [0.717, 1.165) is 0 Å². The molecule has 2 N–H and O–H groups in total. The molecule has 1 fully saturated rings. The molecule has 1 aliphatic heterocycles. The highest BCUT2D eigenvalue weighted by Gasteiger charge is 2.28. The predicted octanol–water partition coefficient (Wildman–Crippen LogP) is 2.44. The number of rotatable bonds is 2. The average molecular weight is 300 g/mol. The van der Waals surface area contributed by atoms with Gasteiger partial charge in [-0.3, -0.25) is 0 Å². The molecule has 3 rings (SSSR count). The first-order chi connectivity index (χ1) is 9.11. The van der Waals surface area contributed by atoms with Gasteiger partial charge in [0.1, 0.15) is 0 Å². The van der Waals surface area contributed by atoms with E-state index < -0.39 is 0 Å². The van der Waals surface area contributed by atoms with E-state index in [0.29, 0.717) is 40.3 Å². The van der Waals surface area contributed by atoms with Crippen molar-refractivity contribution in [3.63, 3.8) is 0 Å². The Kier molecular flexibility index (Phi) is 3.45. The highest BCUT2D eigenvalue weighted by atomic mass is 35.5. The van der Waals surface area contributed by atoms with Crippen LogP contribution in [-0.2, 0) is 0 Å². The fraction of sp³-hybridized carbons (Fsp3) is 0.333. The molecule has 1 saturated heterocycles. The summed E-state index contributed by atoms with van der Waals surface area (Å²) in [5.74, 6) is 0.894. The van der Waals surface area contributed by atoms with E-state index in [2.05, 4.69) is 15.5 Å². The Hall–Kier alpha value is -1.14. The lowest BCUT2D eigenvalue weighted by molar-refractivity contribution is 0.191. The minimum Gasteiger partial charge on any atom is -0.392 e. The minimum absolute atomic E-state index is 0.106. The number of hydrogen-bond acceptors (Lipinski definition) is 5. The molecule has 0 spiro atoms. The van der Waals surface area contributed by atoms with Crippen molar-refractivity contribution in [3.05, 3.63) is 34.1 Å². The normalized spacial score (nSPS) is 22.9. The number of halogens is 2. The molecule has 1 aromatic carbocycles. The van der Waals surface area contributed by atoms with E-state index in [-0.39, 0.29) is 12.1 Å². The Morgan fingerprint density at radius 2 is 2.00 bits per heavy atom. The second kappa shape index (κ2) is 5.09. The second-order valence-electron chi connectivity index (χ2n) is 4.46. The zero-order chi connectivity index (χ0) is 13.4. The molecule has 1 aliphatic rings. The van der Waals surface area contributed by atoms with Crippen LogP contribution < -0.4 is 5.32 Å². The highest BCUT2D eigenvalue weighted by Crippen LogP contribution is 2.28. The number of aliphatic hydroxyl groups excluding tert-OH is 1. The Labute approximate surface area is 119 Å². The van der Waals surface area contributed by atoms with Gasteiger partial charge in [-0.15, -0.1) is 0 Å². The van der Waals surface area contributed by atoms with Crippen molar-refractivity contribution in [1.29, 1.82) is 0 Å². The van der Waals surface area contributed by atoms with Gasteiger partial charge >= 0.3 is 0 Å². The average Bonchev–Trinajstić information content (AvgIpc) is 2.95. The molecule has 1 unspecified atom stereocenters. The molecule has 2 aromatic rings. The minimum atomic E-state index is -0.374. The summed E-state index contributed by atoms with van der Waals surface area (Å²) in [6, 6.07) is 4.98. The highest BCUT2D eigenvalue weighted by molar-refractivity contribution is 6.35. The summed E-state index contributed by atoms with van der Waals surface area (Å²) >= 11 is 11.9. The van der Waals surface area contributed by atoms with Gasteiger partial charge in [0.25, 0.3) is 0 Å². The molecule has 0 bridgehead atoms. The summed E-state index contributed by atoms with van der Waals surface area (Å²) in [7, 11) is 0. The van der Waals surface area contributed by atoms with Gasteiger partial charge in [-0.25, -0.2) is 0 Å². The van der Waals surface area contributed by atoms with Crippen molar-refractivity contribution in [2.45, 2.75) is 18.6 Å². The number of benzene rings is 1. The van der Waals surface area contributed by atoms with Crippen molar-refractivity contribution in [3.8, 4) is 11.4 Å². The van der Waals surface area contributed by atoms with Crippen LogP contribution in [0, 0.1) is 0 Å². The summed E-state index contributed by atoms with van der Waals surface area (Å²) < 4.78 is 5.21. The Morgan fingerprint density at radius 3 is 2.63 bits per heavy atom. The predicted molar refractivity (Wildman–Crippen MR) is 71.1 cm³/mol. The van der Waals surface area contributed by atoms with Crippen LogP contribution >= 0.6 is 23.2 Å². The van der Waals surface area contributed by atoms with Crippen LogP contribution in [0.3, 0.4) is 0 Å². The lowest BCUT2D eigenvalue weighted by Crippen LogP contribution is -2.15. The zero-order valence-corrected chi connectivity index (χ0v) is 11.3. The number of nitrogens with one attached hydrogen (secondary N) is 1. The van der Waals surface area contributed by atoms with E-state index in [9.17, 15) is 5.11 Å². The van der Waals surface area contributed by atoms with Gasteiger partial charge < -0.3 is 14.9 Å². The molecule has 2 atom stereocenters. The molecule has 0 aliphatic carbocycles. The molecular weight excluding hydrogens is 289 g/mol. The van der Waals surface area contributed by atoms with E-state index in [1.165, 1.54) is 0 Å². The Balaban J connectivity index is 1.88. The third-order valence-electron chi connectivity index (χ3n) is 2.97. The monoisotopic (exact) mass is 299 g/mol. The maximum absolute atomic E-state index is 9.47. The molecule has 7 heteroatoms. The number of aromatic nitrogens is 2. The topological polar surface area (TPSA) is 71.2 Å². The molecule has 5 nitrogen and oxygen atoms in total. The quantitative estimate of drug-likeness (QED) is 0.891. The summed E-state index contributed by atoms with van der Waals surface area (Å²) in [4.78, 5) is 4.31. The van der Waals surface area contributed by atoms with E-state index >= 15 is 0 Å². The summed E-state index contributed by atoms with van der Waals surface area (Å²) in [5.41, 5.74) is 0.700. The van der Waals surface area contributed by atoms with Gasteiger partial charge in [0.2, 0.25) is 11.7 Å². The van der Waals surface area contributed by atoms with Gasteiger partial charge in [0.15, 0.2) is 0 Å². The van der Waals surface area contributed by atoms with Gasteiger partial charge in [-0.05, 0) is 24.6 Å². The number of aliphatic hydroxyl groups is 1. The van der Waals surface area contributed by atoms with Crippen LogP contribution in [0.1, 0.15) is 18.4 Å². The van der Waals surface area contributed by atoms with E-state index in [4.69, 9.17) is 27.7 Å². The molecule has 0 amide bonds. The summed E-state index contributed by atoms with van der Waals surface area (Å²) in [6.07, 6.45) is 0.193. The first-order valence-electron chi connectivity index (χ1n) is 5.83. The van der Waals surface area contributed by atoms with Gasteiger partial charge in [-0.1, -0.05) is 28.4 Å². The number of nitrogens with zero attached hydrogens (tertiary/aromatic N) is 2. The molecule has 1 aromatic heterocycles. The smallest absolute Gasteiger partial charge is 0.244 e. The maximum atomic E-state index is 9.47. The lowest BCUT2D eigenvalue weighted by atomic mass is 10.2. The van der Waals surface area contributed by atoms with Crippen molar-refractivity contribution in [2.75, 3.05) is 6.54 Å². The first-order valence-corrected chi connectivity index (χ1v) is 6.59. The van der Waals surface area contributed by atoms with Crippen molar-refractivity contribution in [1.82, 2.24) is 15.5 Å². The lowest BCUT2D eigenvalue weighted by Gasteiger charge is -2.01. The zero-order valence-electron chi connectivity index (χ0n) is 9.81. The fourth-order valence-electron chi connectivity index (χ4n) is 2.08.